The van der Waals surface area contributed by atoms with Gasteiger partial charge in [-0.25, -0.2) is 4.79 Å². The number of amides is 1. The highest BCUT2D eigenvalue weighted by atomic mass is 16.6. The fourth-order valence-corrected chi connectivity index (χ4v) is 1.33. The number of hydrogen-bond donors (Lipinski definition) is 2. The molecule has 2 N–H and O–H groups in total. The summed E-state index contributed by atoms with van der Waals surface area (Å²) >= 11 is 0. The summed E-state index contributed by atoms with van der Waals surface area (Å²) in [7, 11) is 0. The summed E-state index contributed by atoms with van der Waals surface area (Å²) in [5.74, 6) is 0. The van der Waals surface area contributed by atoms with E-state index in [1.54, 1.807) is 0 Å². The van der Waals surface area contributed by atoms with Gasteiger partial charge >= 0.3 is 6.09 Å². The number of alkyl carbamates (subject to hydrolysis) is 1. The van der Waals surface area contributed by atoms with Crippen molar-refractivity contribution < 1.29 is 14.6 Å². The lowest BCUT2D eigenvalue weighted by molar-refractivity contribution is 0.0335. The predicted molar refractivity (Wildman–Crippen MR) is 70.3 cm³/mol. The Morgan fingerprint density at radius 1 is 1.39 bits per heavy atom. The van der Waals surface area contributed by atoms with Crippen LogP contribution in [0.15, 0.2) is 30.3 Å². The van der Waals surface area contributed by atoms with Crippen molar-refractivity contribution in [3.05, 3.63) is 35.9 Å². The van der Waals surface area contributed by atoms with Gasteiger partial charge in [0.25, 0.3) is 0 Å². The number of carbonyl (C=O) groups is 1. The van der Waals surface area contributed by atoms with Gasteiger partial charge in [0.15, 0.2) is 0 Å². The molecule has 0 bridgehead atoms. The van der Waals surface area contributed by atoms with Crippen LogP contribution in [0.1, 0.15) is 38.9 Å². The molecule has 1 unspecified atom stereocenters. The third-order valence-electron chi connectivity index (χ3n) is 2.84. The summed E-state index contributed by atoms with van der Waals surface area (Å²) in [6.07, 6.45) is -0.484. The molecule has 0 spiro atoms. The van der Waals surface area contributed by atoms with E-state index in [0.717, 1.165) is 12.0 Å². The highest BCUT2D eigenvalue weighted by molar-refractivity contribution is 5.67. The van der Waals surface area contributed by atoms with E-state index in [0.29, 0.717) is 0 Å². The van der Waals surface area contributed by atoms with Gasteiger partial charge in [-0.15, -0.1) is 0 Å². The zero-order chi connectivity index (χ0) is 13.6. The first-order chi connectivity index (χ1) is 8.44. The van der Waals surface area contributed by atoms with Crippen LogP contribution >= 0.6 is 0 Å². The zero-order valence-electron chi connectivity index (χ0n) is 11.1. The van der Waals surface area contributed by atoms with Gasteiger partial charge in [-0.3, -0.25) is 0 Å². The first kappa shape index (κ1) is 14.5. The van der Waals surface area contributed by atoms with Crippen LogP contribution in [0.4, 0.5) is 4.79 Å². The average Bonchev–Trinajstić information content (AvgIpc) is 2.36. The van der Waals surface area contributed by atoms with E-state index in [1.807, 2.05) is 51.1 Å². The number of rotatable bonds is 5. The SMILES string of the molecule is CCC(C)(C)OC(=O)NCC(O)c1ccccc1. The van der Waals surface area contributed by atoms with Crippen LogP contribution in [-0.2, 0) is 4.74 Å². The van der Waals surface area contributed by atoms with Gasteiger partial charge in [0, 0.05) is 0 Å². The number of ether oxygens (including phenoxy) is 1. The summed E-state index contributed by atoms with van der Waals surface area (Å²) < 4.78 is 5.21. The predicted octanol–water partition coefficient (Wildman–Crippen LogP) is 2.63. The summed E-state index contributed by atoms with van der Waals surface area (Å²) in [6, 6.07) is 9.19. The number of carbonyl (C=O) groups excluding carboxylic acids is 1. The van der Waals surface area contributed by atoms with Crippen LogP contribution in [-0.4, -0.2) is 23.3 Å². The molecule has 100 valence electrons. The van der Waals surface area contributed by atoms with E-state index in [2.05, 4.69) is 5.32 Å². The van der Waals surface area contributed by atoms with Gasteiger partial charge < -0.3 is 15.2 Å². The molecular formula is C14H21NO3. The molecule has 0 aliphatic carbocycles. The molecule has 0 fully saturated rings. The first-order valence-electron chi connectivity index (χ1n) is 6.14. The minimum absolute atomic E-state index is 0.142. The first-order valence-corrected chi connectivity index (χ1v) is 6.14. The van der Waals surface area contributed by atoms with Crippen molar-refractivity contribution in [2.75, 3.05) is 6.54 Å². The van der Waals surface area contributed by atoms with Crippen LogP contribution in [0.2, 0.25) is 0 Å². The van der Waals surface area contributed by atoms with Crippen molar-refractivity contribution in [1.82, 2.24) is 5.32 Å². The molecule has 0 saturated carbocycles. The normalized spacial score (nSPS) is 12.9. The Kier molecular flexibility index (Phi) is 5.16. The van der Waals surface area contributed by atoms with Gasteiger partial charge in [0.05, 0.1) is 12.6 Å². The highest BCUT2D eigenvalue weighted by Crippen LogP contribution is 2.14. The minimum Gasteiger partial charge on any atom is -0.444 e. The van der Waals surface area contributed by atoms with Gasteiger partial charge in [-0.05, 0) is 25.8 Å². The molecule has 1 amide bonds. The van der Waals surface area contributed by atoms with Crippen molar-refractivity contribution >= 4 is 6.09 Å². The molecule has 0 aliphatic rings. The lowest BCUT2D eigenvalue weighted by atomic mass is 10.1. The Balaban J connectivity index is 2.39. The Bertz CT molecular complexity index is 376. The second-order valence-electron chi connectivity index (χ2n) is 4.81. The summed E-state index contributed by atoms with van der Waals surface area (Å²) in [4.78, 5) is 11.5. The zero-order valence-corrected chi connectivity index (χ0v) is 11.1. The molecule has 0 saturated heterocycles. The summed E-state index contributed by atoms with van der Waals surface area (Å²) in [6.45, 7) is 5.79. The van der Waals surface area contributed by atoms with E-state index in [4.69, 9.17) is 4.74 Å². The topological polar surface area (TPSA) is 58.6 Å². The molecule has 1 aromatic carbocycles. The quantitative estimate of drug-likeness (QED) is 0.845. The molecule has 0 aliphatic heterocycles. The maximum absolute atomic E-state index is 11.5. The number of nitrogens with one attached hydrogen (secondary N) is 1. The van der Waals surface area contributed by atoms with E-state index in [1.165, 1.54) is 0 Å². The molecule has 4 nitrogen and oxygen atoms in total. The minimum atomic E-state index is -0.719. The number of aliphatic hydroxyl groups excluding tert-OH is 1. The van der Waals surface area contributed by atoms with Crippen molar-refractivity contribution in [2.45, 2.75) is 38.9 Å². The smallest absolute Gasteiger partial charge is 0.407 e. The van der Waals surface area contributed by atoms with E-state index < -0.39 is 17.8 Å². The molecular weight excluding hydrogens is 230 g/mol. The Morgan fingerprint density at radius 3 is 2.56 bits per heavy atom. The average molecular weight is 251 g/mol. The van der Waals surface area contributed by atoms with Crippen molar-refractivity contribution in [1.29, 1.82) is 0 Å². The Labute approximate surface area is 108 Å². The van der Waals surface area contributed by atoms with Crippen molar-refractivity contribution in [3.8, 4) is 0 Å². The number of aliphatic hydroxyl groups is 1. The van der Waals surface area contributed by atoms with Gasteiger partial charge in [-0.1, -0.05) is 37.3 Å². The third kappa shape index (κ3) is 4.75. The van der Waals surface area contributed by atoms with Crippen LogP contribution in [0, 0.1) is 0 Å². The Hall–Kier alpha value is -1.55. The van der Waals surface area contributed by atoms with E-state index in [-0.39, 0.29) is 6.54 Å². The van der Waals surface area contributed by atoms with E-state index >= 15 is 0 Å². The summed E-state index contributed by atoms with van der Waals surface area (Å²) in [5, 5.41) is 12.4. The molecule has 18 heavy (non-hydrogen) atoms. The lowest BCUT2D eigenvalue weighted by Crippen LogP contribution is -2.36. The lowest BCUT2D eigenvalue weighted by Gasteiger charge is -2.23. The largest absolute Gasteiger partial charge is 0.444 e. The maximum atomic E-state index is 11.5. The molecule has 0 aromatic heterocycles. The van der Waals surface area contributed by atoms with Crippen molar-refractivity contribution in [3.63, 3.8) is 0 Å². The number of hydrogen-bond acceptors (Lipinski definition) is 3. The van der Waals surface area contributed by atoms with Gasteiger partial charge in [0.1, 0.15) is 5.60 Å². The third-order valence-corrected chi connectivity index (χ3v) is 2.84. The Morgan fingerprint density at radius 2 is 2.00 bits per heavy atom. The molecule has 1 rings (SSSR count). The van der Waals surface area contributed by atoms with Crippen LogP contribution in [0.3, 0.4) is 0 Å². The molecule has 1 atom stereocenters. The fourth-order valence-electron chi connectivity index (χ4n) is 1.33. The molecule has 4 heteroatoms. The number of benzene rings is 1. The maximum Gasteiger partial charge on any atom is 0.407 e. The van der Waals surface area contributed by atoms with Crippen LogP contribution < -0.4 is 5.32 Å². The molecule has 0 radical (unpaired) electrons. The fraction of sp³-hybridized carbons (Fsp3) is 0.500. The monoisotopic (exact) mass is 251 g/mol. The van der Waals surface area contributed by atoms with Crippen LogP contribution in [0.25, 0.3) is 0 Å². The van der Waals surface area contributed by atoms with Crippen LogP contribution in [0.5, 0.6) is 0 Å². The van der Waals surface area contributed by atoms with Gasteiger partial charge in [0.2, 0.25) is 0 Å². The highest BCUT2D eigenvalue weighted by Gasteiger charge is 2.20. The summed E-state index contributed by atoms with van der Waals surface area (Å²) in [5.41, 5.74) is 0.287. The van der Waals surface area contributed by atoms with Gasteiger partial charge in [-0.2, -0.15) is 0 Å². The van der Waals surface area contributed by atoms with Crippen molar-refractivity contribution in [2.24, 2.45) is 0 Å². The molecule has 0 heterocycles. The van der Waals surface area contributed by atoms with E-state index in [9.17, 15) is 9.90 Å². The second-order valence-corrected chi connectivity index (χ2v) is 4.81. The molecule has 1 aromatic rings. The standard InChI is InChI=1S/C14H21NO3/c1-4-14(2,3)18-13(17)15-10-12(16)11-8-6-5-7-9-11/h5-9,12,16H,4,10H2,1-3H3,(H,15,17). The second kappa shape index (κ2) is 6.40.